The number of fused-ring (bicyclic) bond motifs is 1. The van der Waals surface area contributed by atoms with Gasteiger partial charge in [-0.05, 0) is 30.4 Å². The number of rotatable bonds is 5. The highest BCUT2D eigenvalue weighted by Crippen LogP contribution is 2.33. The fourth-order valence-electron chi connectivity index (χ4n) is 2.45. The van der Waals surface area contributed by atoms with Gasteiger partial charge >= 0.3 is 12.0 Å². The van der Waals surface area contributed by atoms with Crippen LogP contribution >= 0.6 is 11.3 Å². The maximum Gasteiger partial charge on any atom is 0.331 e. The van der Waals surface area contributed by atoms with Crippen LogP contribution < -0.4 is 0 Å². The Morgan fingerprint density at radius 2 is 2.33 bits per heavy atom. The van der Waals surface area contributed by atoms with Crippen LogP contribution in [0.3, 0.4) is 0 Å². The number of hydrogen-bond acceptors (Lipinski definition) is 4. The molecule has 1 aromatic rings. The number of hydrogen-bond donors (Lipinski definition) is 1. The lowest BCUT2D eigenvalue weighted by atomic mass is 10.0. The predicted octanol–water partition coefficient (Wildman–Crippen LogP) is 1.82. The third-order valence-electron chi connectivity index (χ3n) is 3.55. The van der Waals surface area contributed by atoms with Gasteiger partial charge in [0.2, 0.25) is 0 Å². The first kappa shape index (κ1) is 15.8. The molecule has 2 amide bonds. The molecule has 0 radical (unpaired) electrons. The molecule has 7 heteroatoms. The summed E-state index contributed by atoms with van der Waals surface area (Å²) in [4.78, 5) is 28.1. The Hall–Kier alpha value is -1.60. The van der Waals surface area contributed by atoms with Crippen molar-refractivity contribution < 1.29 is 19.4 Å². The third kappa shape index (κ3) is 3.36. The lowest BCUT2D eigenvalue weighted by molar-refractivity contribution is -0.143. The first-order valence-corrected chi connectivity index (χ1v) is 7.82. The zero-order valence-corrected chi connectivity index (χ0v) is 13.1. The number of amides is 2. The lowest BCUT2D eigenvalue weighted by Gasteiger charge is -2.35. The van der Waals surface area contributed by atoms with Crippen molar-refractivity contribution in [2.24, 2.45) is 0 Å². The van der Waals surface area contributed by atoms with E-state index in [1.807, 2.05) is 12.3 Å². The number of nitrogens with zero attached hydrogens (tertiary/aromatic N) is 2. The Balaban J connectivity index is 2.11. The summed E-state index contributed by atoms with van der Waals surface area (Å²) in [5.41, 5.74) is 0.741. The molecule has 116 valence electrons. The molecule has 0 spiro atoms. The average Bonchev–Trinajstić information content (AvgIpc) is 2.93. The summed E-state index contributed by atoms with van der Waals surface area (Å²) in [5.74, 6) is -0.985. The number of carbonyl (C=O) groups is 2. The van der Waals surface area contributed by atoms with E-state index in [-0.39, 0.29) is 6.03 Å². The molecule has 1 aliphatic heterocycles. The highest BCUT2D eigenvalue weighted by molar-refractivity contribution is 7.10. The number of ether oxygens (including phenoxy) is 1. The number of carbonyl (C=O) groups excluding carboxylic acids is 1. The molecular weight excluding hydrogens is 292 g/mol. The molecule has 0 aromatic carbocycles. The van der Waals surface area contributed by atoms with E-state index in [0.717, 1.165) is 10.4 Å². The Morgan fingerprint density at radius 3 is 3.00 bits per heavy atom. The van der Waals surface area contributed by atoms with E-state index >= 15 is 0 Å². The van der Waals surface area contributed by atoms with Crippen LogP contribution in [0.2, 0.25) is 0 Å². The van der Waals surface area contributed by atoms with E-state index in [1.54, 1.807) is 24.5 Å². The summed E-state index contributed by atoms with van der Waals surface area (Å²) in [5, 5.41) is 11.4. The van der Waals surface area contributed by atoms with Crippen molar-refractivity contribution in [3.8, 4) is 0 Å². The molecule has 0 saturated heterocycles. The second kappa shape index (κ2) is 6.91. The van der Waals surface area contributed by atoms with Crippen molar-refractivity contribution in [3.05, 3.63) is 21.9 Å². The number of aliphatic carboxylic acids is 1. The highest BCUT2D eigenvalue weighted by Gasteiger charge is 2.37. The van der Waals surface area contributed by atoms with Crippen LogP contribution in [0.25, 0.3) is 0 Å². The van der Waals surface area contributed by atoms with Crippen LogP contribution in [0.15, 0.2) is 11.4 Å². The van der Waals surface area contributed by atoms with Crippen molar-refractivity contribution in [2.75, 3.05) is 33.4 Å². The number of carboxylic acids is 1. The molecule has 21 heavy (non-hydrogen) atoms. The van der Waals surface area contributed by atoms with Gasteiger partial charge in [0.05, 0.1) is 6.61 Å². The Labute approximate surface area is 127 Å². The monoisotopic (exact) mass is 312 g/mol. The minimum Gasteiger partial charge on any atom is -0.479 e. The molecular formula is C14H20N2O4S. The predicted molar refractivity (Wildman–Crippen MR) is 79.6 cm³/mol. The van der Waals surface area contributed by atoms with Gasteiger partial charge in [0.15, 0.2) is 6.04 Å². The maximum atomic E-state index is 12.5. The van der Waals surface area contributed by atoms with Crippen LogP contribution in [0.4, 0.5) is 4.79 Å². The van der Waals surface area contributed by atoms with Gasteiger partial charge in [-0.25, -0.2) is 9.59 Å². The van der Waals surface area contributed by atoms with Crippen molar-refractivity contribution >= 4 is 23.3 Å². The topological polar surface area (TPSA) is 70.1 Å². The molecule has 2 rings (SSSR count). The number of carboxylic acid groups (broad SMARTS) is 1. The first-order valence-electron chi connectivity index (χ1n) is 6.94. The molecule has 1 aromatic heterocycles. The van der Waals surface area contributed by atoms with Crippen LogP contribution in [0.5, 0.6) is 0 Å². The molecule has 6 nitrogen and oxygen atoms in total. The number of likely N-dealkylation sites (N-methyl/N-ethyl adjacent to an activating group) is 1. The zero-order valence-electron chi connectivity index (χ0n) is 12.2. The van der Waals surface area contributed by atoms with E-state index in [2.05, 4.69) is 0 Å². The van der Waals surface area contributed by atoms with Crippen LogP contribution in [-0.2, 0) is 16.0 Å². The minimum atomic E-state index is -0.985. The molecule has 1 N–H and O–H groups in total. The summed E-state index contributed by atoms with van der Waals surface area (Å²) in [7, 11) is 1.67. The highest BCUT2D eigenvalue weighted by atomic mass is 32.1. The standard InChI is InChI=1S/C14H20N2O4S/c1-3-20-8-7-15(2)14(19)16-6-4-11-10(5-9-21-11)12(16)13(17)18/h5,9,12H,3-4,6-8H2,1-2H3,(H,17,18). The summed E-state index contributed by atoms with van der Waals surface area (Å²) in [6.07, 6.45) is 0.710. The molecule has 0 bridgehead atoms. The van der Waals surface area contributed by atoms with Gasteiger partial charge in [-0.2, -0.15) is 0 Å². The largest absolute Gasteiger partial charge is 0.479 e. The van der Waals surface area contributed by atoms with E-state index in [0.29, 0.717) is 32.7 Å². The molecule has 1 aliphatic rings. The Kier molecular flexibility index (Phi) is 5.19. The van der Waals surface area contributed by atoms with Gasteiger partial charge in [-0.1, -0.05) is 0 Å². The SMILES string of the molecule is CCOCCN(C)C(=O)N1CCc2sccc2C1C(=O)O. The quantitative estimate of drug-likeness (QED) is 0.842. The Bertz CT molecular complexity index is 517. The fourth-order valence-corrected chi connectivity index (χ4v) is 3.35. The second-order valence-corrected chi connectivity index (χ2v) is 5.89. The lowest BCUT2D eigenvalue weighted by Crippen LogP contribution is -2.49. The van der Waals surface area contributed by atoms with Crippen LogP contribution in [-0.4, -0.2) is 60.3 Å². The van der Waals surface area contributed by atoms with E-state index < -0.39 is 12.0 Å². The molecule has 0 fully saturated rings. The van der Waals surface area contributed by atoms with Crippen molar-refractivity contribution in [1.82, 2.24) is 9.80 Å². The molecule has 1 unspecified atom stereocenters. The summed E-state index contributed by atoms with van der Waals surface area (Å²) < 4.78 is 5.23. The number of thiophene rings is 1. The average molecular weight is 312 g/mol. The summed E-state index contributed by atoms with van der Waals surface area (Å²) in [6.45, 7) is 3.83. The molecule has 0 saturated carbocycles. The Morgan fingerprint density at radius 1 is 1.57 bits per heavy atom. The second-order valence-electron chi connectivity index (χ2n) is 4.88. The molecule has 2 heterocycles. The van der Waals surface area contributed by atoms with Crippen molar-refractivity contribution in [3.63, 3.8) is 0 Å². The van der Waals surface area contributed by atoms with Gasteiger partial charge in [0.25, 0.3) is 0 Å². The normalized spacial score (nSPS) is 17.4. The summed E-state index contributed by atoms with van der Waals surface area (Å²) in [6, 6.07) is 0.652. The van der Waals surface area contributed by atoms with Crippen LogP contribution in [0.1, 0.15) is 23.4 Å². The van der Waals surface area contributed by atoms with Gasteiger partial charge in [-0.15, -0.1) is 11.3 Å². The minimum absolute atomic E-state index is 0.265. The van der Waals surface area contributed by atoms with Crippen LogP contribution in [0, 0.1) is 0 Å². The van der Waals surface area contributed by atoms with Gasteiger partial charge in [0.1, 0.15) is 0 Å². The molecule has 1 atom stereocenters. The van der Waals surface area contributed by atoms with Gasteiger partial charge in [-0.3, -0.25) is 0 Å². The zero-order chi connectivity index (χ0) is 15.4. The maximum absolute atomic E-state index is 12.5. The van der Waals surface area contributed by atoms with E-state index in [9.17, 15) is 14.7 Å². The van der Waals surface area contributed by atoms with Crippen molar-refractivity contribution in [2.45, 2.75) is 19.4 Å². The fraction of sp³-hybridized carbons (Fsp3) is 0.571. The molecule has 0 aliphatic carbocycles. The number of urea groups is 1. The smallest absolute Gasteiger partial charge is 0.331 e. The van der Waals surface area contributed by atoms with E-state index in [4.69, 9.17) is 4.74 Å². The third-order valence-corrected chi connectivity index (χ3v) is 4.54. The summed E-state index contributed by atoms with van der Waals surface area (Å²) >= 11 is 1.55. The van der Waals surface area contributed by atoms with Gasteiger partial charge in [0, 0.05) is 31.6 Å². The van der Waals surface area contributed by atoms with Crippen molar-refractivity contribution in [1.29, 1.82) is 0 Å². The van der Waals surface area contributed by atoms with E-state index in [1.165, 1.54) is 9.80 Å². The first-order chi connectivity index (χ1) is 10.1. The van der Waals surface area contributed by atoms with Gasteiger partial charge < -0.3 is 19.6 Å².